The molecule has 7 heteroatoms. The predicted molar refractivity (Wildman–Crippen MR) is 89.2 cm³/mol. The van der Waals surface area contributed by atoms with Gasteiger partial charge in [-0.1, -0.05) is 29.1 Å². The molecule has 1 aliphatic carbocycles. The molecular formula is C17H17FN4OS. The number of hydrogen-bond donors (Lipinski definition) is 0. The minimum absolute atomic E-state index is 0.0264. The summed E-state index contributed by atoms with van der Waals surface area (Å²) >= 11 is 1.59. The van der Waals surface area contributed by atoms with E-state index in [0.717, 1.165) is 5.16 Å². The Morgan fingerprint density at radius 1 is 1.38 bits per heavy atom. The van der Waals surface area contributed by atoms with E-state index in [4.69, 9.17) is 4.52 Å². The van der Waals surface area contributed by atoms with Crippen molar-refractivity contribution in [3.63, 3.8) is 0 Å². The Hall–Kier alpha value is -2.15. The summed E-state index contributed by atoms with van der Waals surface area (Å²) in [5.74, 6) is 0.649. The van der Waals surface area contributed by atoms with E-state index in [2.05, 4.69) is 19.7 Å². The van der Waals surface area contributed by atoms with Crippen LogP contribution in [0.1, 0.15) is 42.5 Å². The smallest absolute Gasteiger partial charge is 0.240 e. The number of halogens is 1. The quantitative estimate of drug-likeness (QED) is 0.635. The maximum atomic E-state index is 13.7. The van der Waals surface area contributed by atoms with Crippen molar-refractivity contribution in [1.82, 2.24) is 19.7 Å². The molecule has 0 bridgehead atoms. The number of aryl methyl sites for hydroxylation is 1. The first-order valence-corrected chi connectivity index (χ1v) is 8.79. The minimum Gasteiger partial charge on any atom is -0.338 e. The average Bonchev–Trinajstić information content (AvgIpc) is 3.10. The Labute approximate surface area is 143 Å². The largest absolute Gasteiger partial charge is 0.338 e. The van der Waals surface area contributed by atoms with Crippen LogP contribution >= 0.6 is 11.8 Å². The average molecular weight is 344 g/mol. The molecule has 0 radical (unpaired) electrons. The van der Waals surface area contributed by atoms with Gasteiger partial charge in [-0.15, -0.1) is 0 Å². The molecule has 0 N–H and O–H groups in total. The number of hydrogen-bond acceptors (Lipinski definition) is 5. The van der Waals surface area contributed by atoms with Crippen molar-refractivity contribution in [3.05, 3.63) is 47.9 Å². The number of nitrogens with zero attached hydrogens (tertiary/aromatic N) is 4. The van der Waals surface area contributed by atoms with Crippen LogP contribution < -0.4 is 0 Å². The highest BCUT2D eigenvalue weighted by Gasteiger charge is 2.27. The van der Waals surface area contributed by atoms with Crippen molar-refractivity contribution in [2.24, 2.45) is 0 Å². The van der Waals surface area contributed by atoms with E-state index in [9.17, 15) is 4.39 Å². The highest BCUT2D eigenvalue weighted by molar-refractivity contribution is 7.99. The van der Waals surface area contributed by atoms with Crippen LogP contribution in [-0.2, 0) is 0 Å². The molecule has 0 aliphatic heterocycles. The molecule has 124 valence electrons. The normalized spacial score (nSPS) is 15.6. The minimum atomic E-state index is -0.271. The van der Waals surface area contributed by atoms with Crippen LogP contribution in [0, 0.1) is 12.7 Å². The van der Waals surface area contributed by atoms with Gasteiger partial charge in [0.1, 0.15) is 5.82 Å². The van der Waals surface area contributed by atoms with E-state index >= 15 is 0 Å². The van der Waals surface area contributed by atoms with Gasteiger partial charge in [-0.2, -0.15) is 4.98 Å². The summed E-state index contributed by atoms with van der Waals surface area (Å²) in [6.45, 7) is 3.73. The van der Waals surface area contributed by atoms with Gasteiger partial charge in [0.05, 0.1) is 5.25 Å². The Kier molecular flexibility index (Phi) is 3.88. The van der Waals surface area contributed by atoms with Crippen molar-refractivity contribution in [2.45, 2.75) is 43.1 Å². The van der Waals surface area contributed by atoms with Crippen molar-refractivity contribution >= 4 is 11.8 Å². The first-order chi connectivity index (χ1) is 11.6. The van der Waals surface area contributed by atoms with Crippen molar-refractivity contribution < 1.29 is 8.91 Å². The van der Waals surface area contributed by atoms with Crippen LogP contribution in [0.25, 0.3) is 11.4 Å². The lowest BCUT2D eigenvalue weighted by molar-refractivity contribution is 0.380. The van der Waals surface area contributed by atoms with Crippen LogP contribution in [0.3, 0.4) is 0 Å². The van der Waals surface area contributed by atoms with Crippen LogP contribution in [0.4, 0.5) is 4.39 Å². The number of thioether (sulfide) groups is 1. The van der Waals surface area contributed by atoms with Gasteiger partial charge < -0.3 is 9.09 Å². The van der Waals surface area contributed by atoms with Gasteiger partial charge in [0.2, 0.25) is 11.7 Å². The van der Waals surface area contributed by atoms with Crippen molar-refractivity contribution in [2.75, 3.05) is 0 Å². The van der Waals surface area contributed by atoms with E-state index in [0.29, 0.717) is 28.9 Å². The standard InChI is InChI=1S/C17H17FN4OS/c1-10-3-4-12(9-14(10)18)15-20-16(23-21-15)11(2)24-17-19-7-8-22(17)13-5-6-13/h3-4,7-9,11,13H,5-6H2,1-2H3/t11-/m0/s1. The third-order valence-electron chi connectivity index (χ3n) is 4.08. The zero-order valence-electron chi connectivity index (χ0n) is 13.4. The fourth-order valence-electron chi connectivity index (χ4n) is 2.48. The van der Waals surface area contributed by atoms with Gasteiger partial charge in [-0.3, -0.25) is 0 Å². The van der Waals surface area contributed by atoms with Crippen LogP contribution in [0.5, 0.6) is 0 Å². The molecule has 0 amide bonds. The third-order valence-corrected chi connectivity index (χ3v) is 5.16. The molecule has 1 fully saturated rings. The first kappa shape index (κ1) is 15.4. The van der Waals surface area contributed by atoms with Crippen LogP contribution in [0.15, 0.2) is 40.3 Å². The highest BCUT2D eigenvalue weighted by Crippen LogP contribution is 2.41. The maximum absolute atomic E-state index is 13.7. The van der Waals surface area contributed by atoms with E-state index in [1.54, 1.807) is 30.8 Å². The Bertz CT molecular complexity index is 871. The molecule has 5 nitrogen and oxygen atoms in total. The summed E-state index contributed by atoms with van der Waals surface area (Å²) in [5.41, 5.74) is 1.21. The van der Waals surface area contributed by atoms with E-state index < -0.39 is 0 Å². The van der Waals surface area contributed by atoms with Gasteiger partial charge in [0.25, 0.3) is 0 Å². The number of aromatic nitrogens is 4. The Morgan fingerprint density at radius 3 is 2.96 bits per heavy atom. The molecule has 1 aromatic carbocycles. The molecule has 4 rings (SSSR count). The van der Waals surface area contributed by atoms with Gasteiger partial charge >= 0.3 is 0 Å². The molecular weight excluding hydrogens is 327 g/mol. The molecule has 0 unspecified atom stereocenters. The number of imidazole rings is 1. The van der Waals surface area contributed by atoms with E-state index in [-0.39, 0.29) is 11.1 Å². The maximum Gasteiger partial charge on any atom is 0.240 e. The van der Waals surface area contributed by atoms with Crippen molar-refractivity contribution in [1.29, 1.82) is 0 Å². The summed E-state index contributed by atoms with van der Waals surface area (Å²) < 4.78 is 21.3. The third kappa shape index (κ3) is 2.96. The zero-order chi connectivity index (χ0) is 16.7. The SMILES string of the molecule is Cc1ccc(-c2noc([C@H](C)Sc3nccn3C3CC3)n2)cc1F. The molecule has 1 saturated carbocycles. The summed E-state index contributed by atoms with van der Waals surface area (Å²) in [6.07, 6.45) is 6.26. The second kappa shape index (κ2) is 6.05. The molecule has 1 aliphatic rings. The molecule has 2 heterocycles. The molecule has 3 aromatic rings. The van der Waals surface area contributed by atoms with Crippen LogP contribution in [0.2, 0.25) is 0 Å². The summed E-state index contributed by atoms with van der Waals surface area (Å²) in [5, 5.41) is 4.92. The number of benzene rings is 1. The fourth-order valence-corrected chi connectivity index (χ4v) is 3.45. The lowest BCUT2D eigenvalue weighted by Crippen LogP contribution is -1.97. The highest BCUT2D eigenvalue weighted by atomic mass is 32.2. The molecule has 0 saturated heterocycles. The lowest BCUT2D eigenvalue weighted by Gasteiger charge is -2.08. The molecule has 24 heavy (non-hydrogen) atoms. The van der Waals surface area contributed by atoms with Gasteiger partial charge in [0.15, 0.2) is 5.16 Å². The first-order valence-electron chi connectivity index (χ1n) is 7.91. The molecule has 1 atom stereocenters. The summed E-state index contributed by atoms with van der Waals surface area (Å²) in [7, 11) is 0. The van der Waals surface area contributed by atoms with E-state index in [1.807, 2.05) is 19.3 Å². The van der Waals surface area contributed by atoms with Crippen molar-refractivity contribution in [3.8, 4) is 11.4 Å². The predicted octanol–water partition coefficient (Wildman–Crippen LogP) is 4.57. The second-order valence-electron chi connectivity index (χ2n) is 6.03. The van der Waals surface area contributed by atoms with Gasteiger partial charge in [0, 0.05) is 24.0 Å². The molecule has 0 spiro atoms. The topological polar surface area (TPSA) is 56.7 Å². The fraction of sp³-hybridized carbons (Fsp3) is 0.353. The van der Waals surface area contributed by atoms with Gasteiger partial charge in [-0.05, 0) is 38.3 Å². The van der Waals surface area contributed by atoms with Crippen LogP contribution in [-0.4, -0.2) is 19.7 Å². The lowest BCUT2D eigenvalue weighted by atomic mass is 10.1. The van der Waals surface area contributed by atoms with Gasteiger partial charge in [-0.25, -0.2) is 9.37 Å². The van der Waals surface area contributed by atoms with E-state index in [1.165, 1.54) is 18.9 Å². The summed E-state index contributed by atoms with van der Waals surface area (Å²) in [4.78, 5) is 8.84. The zero-order valence-corrected chi connectivity index (χ0v) is 14.3. The second-order valence-corrected chi connectivity index (χ2v) is 7.34. The Balaban J connectivity index is 1.53. The number of rotatable bonds is 5. The Morgan fingerprint density at radius 2 is 2.21 bits per heavy atom. The summed E-state index contributed by atoms with van der Waals surface area (Å²) in [6, 6.07) is 5.52. The monoisotopic (exact) mass is 344 g/mol. The molecule has 2 aromatic heterocycles.